The van der Waals surface area contributed by atoms with E-state index < -0.39 is 4.92 Å². The third-order valence-corrected chi connectivity index (χ3v) is 2.65. The molecule has 106 valence electrons. The van der Waals surface area contributed by atoms with Crippen LogP contribution in [0.25, 0.3) is 10.9 Å². The van der Waals surface area contributed by atoms with Crippen LogP contribution >= 0.6 is 0 Å². The quantitative estimate of drug-likeness (QED) is 0.467. The Bertz CT molecular complexity index is 603. The fourth-order valence-electron chi connectivity index (χ4n) is 1.80. The number of nitro benzene ring substituents is 1. The van der Waals surface area contributed by atoms with Crippen LogP contribution in [0, 0.1) is 10.1 Å². The third-order valence-electron chi connectivity index (χ3n) is 2.65. The Morgan fingerprint density at radius 3 is 2.85 bits per heavy atom. The molecule has 2 N–H and O–H groups in total. The molecule has 0 amide bonds. The van der Waals surface area contributed by atoms with Gasteiger partial charge >= 0.3 is 0 Å². The van der Waals surface area contributed by atoms with Gasteiger partial charge in [0.1, 0.15) is 12.4 Å². The minimum atomic E-state index is -0.455. The predicted molar refractivity (Wildman–Crippen MR) is 73.8 cm³/mol. The van der Waals surface area contributed by atoms with Crippen molar-refractivity contribution in [2.45, 2.75) is 0 Å². The van der Waals surface area contributed by atoms with Crippen molar-refractivity contribution in [2.24, 2.45) is 5.73 Å². The monoisotopic (exact) mass is 277 g/mol. The molecule has 1 aromatic heterocycles. The van der Waals surface area contributed by atoms with Gasteiger partial charge < -0.3 is 15.2 Å². The lowest BCUT2D eigenvalue weighted by atomic mass is 10.2. The molecule has 0 aliphatic heterocycles. The fourth-order valence-corrected chi connectivity index (χ4v) is 1.80. The summed E-state index contributed by atoms with van der Waals surface area (Å²) in [6, 6.07) is 6.42. The van der Waals surface area contributed by atoms with E-state index in [1.165, 1.54) is 12.3 Å². The molecule has 1 heterocycles. The number of benzene rings is 1. The van der Waals surface area contributed by atoms with E-state index in [1.807, 2.05) is 0 Å². The van der Waals surface area contributed by atoms with Gasteiger partial charge in [-0.2, -0.15) is 0 Å². The molecule has 0 saturated carbocycles. The van der Waals surface area contributed by atoms with Crippen LogP contribution in [0.4, 0.5) is 5.69 Å². The Labute approximate surface area is 115 Å². The average Bonchev–Trinajstić information content (AvgIpc) is 2.46. The molecule has 0 radical (unpaired) electrons. The molecule has 20 heavy (non-hydrogen) atoms. The van der Waals surface area contributed by atoms with Gasteiger partial charge in [-0.25, -0.2) is 4.98 Å². The van der Waals surface area contributed by atoms with Crippen molar-refractivity contribution in [3.8, 4) is 5.75 Å². The molecule has 2 aromatic rings. The molecule has 0 spiro atoms. The van der Waals surface area contributed by atoms with Crippen LogP contribution in [0.5, 0.6) is 5.75 Å². The number of ether oxygens (including phenoxy) is 2. The minimum Gasteiger partial charge on any atom is -0.490 e. The average molecular weight is 277 g/mol. The summed E-state index contributed by atoms with van der Waals surface area (Å²) in [5, 5.41) is 11.6. The number of non-ortho nitro benzene ring substituents is 1. The summed E-state index contributed by atoms with van der Waals surface area (Å²) in [6.07, 6.45) is 1.52. The largest absolute Gasteiger partial charge is 0.490 e. The van der Waals surface area contributed by atoms with E-state index in [0.29, 0.717) is 43.0 Å². The van der Waals surface area contributed by atoms with Crippen LogP contribution in [0.3, 0.4) is 0 Å². The maximum Gasteiger partial charge on any atom is 0.295 e. The van der Waals surface area contributed by atoms with E-state index in [-0.39, 0.29) is 5.69 Å². The lowest BCUT2D eigenvalue weighted by Gasteiger charge is -2.09. The van der Waals surface area contributed by atoms with Gasteiger partial charge in [-0.1, -0.05) is 0 Å². The van der Waals surface area contributed by atoms with Gasteiger partial charge in [0.05, 0.1) is 18.1 Å². The van der Waals surface area contributed by atoms with Gasteiger partial charge in [-0.3, -0.25) is 10.1 Å². The number of aromatic nitrogens is 1. The molecule has 0 aliphatic carbocycles. The predicted octanol–water partition coefficient (Wildman–Crippen LogP) is 1.50. The zero-order valence-corrected chi connectivity index (χ0v) is 10.8. The van der Waals surface area contributed by atoms with E-state index in [1.54, 1.807) is 18.2 Å². The topological polar surface area (TPSA) is 101 Å². The summed E-state index contributed by atoms with van der Waals surface area (Å²) in [7, 11) is 0. The molecule has 7 nitrogen and oxygen atoms in total. The van der Waals surface area contributed by atoms with Gasteiger partial charge in [-0.15, -0.1) is 0 Å². The van der Waals surface area contributed by atoms with Gasteiger partial charge in [0.2, 0.25) is 0 Å². The molecule has 0 aliphatic rings. The number of hydrogen-bond donors (Lipinski definition) is 1. The molecule has 0 saturated heterocycles. The maximum absolute atomic E-state index is 11.0. The first-order valence-electron chi connectivity index (χ1n) is 6.16. The molecular formula is C13H15N3O4. The summed E-state index contributed by atoms with van der Waals surface area (Å²) in [5.74, 6) is 0.551. The van der Waals surface area contributed by atoms with E-state index in [4.69, 9.17) is 15.2 Å². The van der Waals surface area contributed by atoms with Crippen molar-refractivity contribution in [3.63, 3.8) is 0 Å². The number of rotatable bonds is 7. The minimum absolute atomic E-state index is 0.0349. The Kier molecular flexibility index (Phi) is 4.80. The van der Waals surface area contributed by atoms with E-state index in [2.05, 4.69) is 4.98 Å². The summed E-state index contributed by atoms with van der Waals surface area (Å²) in [5.41, 5.74) is 5.59. The Morgan fingerprint density at radius 1 is 1.25 bits per heavy atom. The summed E-state index contributed by atoms with van der Waals surface area (Å²) in [6.45, 7) is 1.70. The molecule has 1 aromatic carbocycles. The summed E-state index contributed by atoms with van der Waals surface area (Å²) >= 11 is 0. The summed E-state index contributed by atoms with van der Waals surface area (Å²) in [4.78, 5) is 14.5. The highest BCUT2D eigenvalue weighted by atomic mass is 16.6. The van der Waals surface area contributed by atoms with Gasteiger partial charge in [0.25, 0.3) is 5.69 Å². The number of nitrogens with zero attached hydrogens (tertiary/aromatic N) is 2. The first-order chi connectivity index (χ1) is 9.74. The van der Waals surface area contributed by atoms with Crippen LogP contribution in [-0.2, 0) is 4.74 Å². The van der Waals surface area contributed by atoms with Crippen LogP contribution in [-0.4, -0.2) is 36.3 Å². The second kappa shape index (κ2) is 6.78. The maximum atomic E-state index is 11.0. The molecule has 0 unspecified atom stereocenters. The van der Waals surface area contributed by atoms with Crippen molar-refractivity contribution < 1.29 is 14.4 Å². The third kappa shape index (κ3) is 3.19. The van der Waals surface area contributed by atoms with Crippen LogP contribution in [0.2, 0.25) is 0 Å². The van der Waals surface area contributed by atoms with Crippen molar-refractivity contribution >= 4 is 16.6 Å². The fraction of sp³-hybridized carbons (Fsp3) is 0.308. The second-order valence-corrected chi connectivity index (χ2v) is 3.99. The highest BCUT2D eigenvalue weighted by Gasteiger charge is 2.15. The Morgan fingerprint density at radius 2 is 2.10 bits per heavy atom. The van der Waals surface area contributed by atoms with Gasteiger partial charge in [0, 0.05) is 24.2 Å². The van der Waals surface area contributed by atoms with E-state index >= 15 is 0 Å². The Hall–Kier alpha value is -2.25. The number of pyridine rings is 1. The molecular weight excluding hydrogens is 262 g/mol. The van der Waals surface area contributed by atoms with Gasteiger partial charge in [-0.05, 0) is 18.2 Å². The molecule has 0 bridgehead atoms. The van der Waals surface area contributed by atoms with Crippen LogP contribution < -0.4 is 10.5 Å². The van der Waals surface area contributed by atoms with Gasteiger partial charge in [0.15, 0.2) is 5.52 Å². The SMILES string of the molecule is NCCOCCOc1ccc([N+](=O)[O-])c2ncccc12. The van der Waals surface area contributed by atoms with Crippen molar-refractivity contribution in [1.29, 1.82) is 0 Å². The van der Waals surface area contributed by atoms with E-state index in [0.717, 1.165) is 0 Å². The number of nitrogens with two attached hydrogens (primary N) is 1. The number of nitro groups is 1. The smallest absolute Gasteiger partial charge is 0.295 e. The molecule has 0 fully saturated rings. The molecule has 2 rings (SSSR count). The second-order valence-electron chi connectivity index (χ2n) is 3.99. The van der Waals surface area contributed by atoms with Crippen molar-refractivity contribution in [1.82, 2.24) is 4.98 Å². The highest BCUT2D eigenvalue weighted by Crippen LogP contribution is 2.31. The lowest BCUT2D eigenvalue weighted by molar-refractivity contribution is -0.383. The highest BCUT2D eigenvalue weighted by molar-refractivity contribution is 5.91. The normalized spacial score (nSPS) is 10.7. The first kappa shape index (κ1) is 14.2. The number of hydrogen-bond acceptors (Lipinski definition) is 6. The number of fused-ring (bicyclic) bond motifs is 1. The van der Waals surface area contributed by atoms with Crippen molar-refractivity contribution in [3.05, 3.63) is 40.6 Å². The first-order valence-corrected chi connectivity index (χ1v) is 6.16. The zero-order valence-electron chi connectivity index (χ0n) is 10.8. The zero-order chi connectivity index (χ0) is 14.4. The molecule has 0 atom stereocenters. The summed E-state index contributed by atoms with van der Waals surface area (Å²) < 4.78 is 10.8. The standard InChI is InChI=1S/C13H15N3O4/c14-5-7-19-8-9-20-12-4-3-11(16(17)18)13-10(12)2-1-6-15-13/h1-4,6H,5,7-9,14H2. The van der Waals surface area contributed by atoms with Crippen LogP contribution in [0.15, 0.2) is 30.5 Å². The lowest BCUT2D eigenvalue weighted by Crippen LogP contribution is -2.13. The van der Waals surface area contributed by atoms with Crippen LogP contribution in [0.1, 0.15) is 0 Å². The Balaban J connectivity index is 2.18. The van der Waals surface area contributed by atoms with E-state index in [9.17, 15) is 10.1 Å². The molecule has 7 heteroatoms. The van der Waals surface area contributed by atoms with Crippen molar-refractivity contribution in [2.75, 3.05) is 26.4 Å².